The first-order valence-corrected chi connectivity index (χ1v) is 8.17. The Morgan fingerprint density at radius 2 is 2.12 bits per heavy atom. The first-order valence-electron chi connectivity index (χ1n) is 6.64. The predicted octanol–water partition coefficient (Wildman–Crippen LogP) is -2.62. The number of aliphatic hydroxyl groups is 3. The molecule has 7 N–H and O–H groups in total. The summed E-state index contributed by atoms with van der Waals surface area (Å²) < 4.78 is 33.9. The van der Waals surface area contributed by atoms with Crippen molar-refractivity contribution in [1.82, 2.24) is 19.5 Å². The number of fused-ring (bicyclic) bond motifs is 1. The predicted molar refractivity (Wildman–Crippen MR) is 74.8 cm³/mol. The molecule has 1 fully saturated rings. The van der Waals surface area contributed by atoms with Crippen LogP contribution in [0.1, 0.15) is 0 Å². The van der Waals surface area contributed by atoms with Gasteiger partial charge in [0.1, 0.15) is 12.2 Å². The zero-order valence-corrected chi connectivity index (χ0v) is 13.1. The number of nitrogen functional groups attached to an aromatic ring is 1. The Balaban J connectivity index is 2.00. The van der Waals surface area contributed by atoms with Crippen LogP contribution >= 0.6 is 7.82 Å². The highest BCUT2D eigenvalue weighted by atomic mass is 31.2. The smallest absolute Gasteiger partial charge is 0.385 e. The average molecular weight is 381 g/mol. The summed E-state index contributed by atoms with van der Waals surface area (Å²) >= 11 is 0. The van der Waals surface area contributed by atoms with Crippen molar-refractivity contribution < 1.29 is 43.3 Å². The summed E-state index contributed by atoms with van der Waals surface area (Å²) in [4.78, 5) is 27.8. The molecule has 2 aromatic heterocycles. The number of rotatable bonds is 4. The van der Waals surface area contributed by atoms with Gasteiger partial charge in [0.05, 0.1) is 12.9 Å². The van der Waals surface area contributed by atoms with Crippen LogP contribution in [0, 0.1) is 6.08 Å². The number of phosphoric ester groups is 1. The van der Waals surface area contributed by atoms with E-state index < -0.39 is 44.7 Å². The lowest BCUT2D eigenvalue weighted by Gasteiger charge is -2.29. The van der Waals surface area contributed by atoms with Gasteiger partial charge in [-0.2, -0.15) is 14.4 Å². The minimum atomic E-state index is -4.88. The maximum atomic E-state index is 13.4. The van der Waals surface area contributed by atoms with Crippen LogP contribution < -0.4 is 5.73 Å². The molecular weight excluding hydrogens is 368 g/mol. The molecule has 0 amide bonds. The van der Waals surface area contributed by atoms with Gasteiger partial charge in [0.15, 0.2) is 17.0 Å². The number of ether oxygens (including phenoxy) is 1. The van der Waals surface area contributed by atoms with Crippen molar-refractivity contribution in [3.05, 3.63) is 12.4 Å². The third-order valence-corrected chi connectivity index (χ3v) is 4.13. The Morgan fingerprint density at radius 1 is 1.44 bits per heavy atom. The van der Waals surface area contributed by atoms with Crippen LogP contribution in [-0.4, -0.2) is 69.7 Å². The summed E-state index contributed by atoms with van der Waals surface area (Å²) in [7, 11) is -4.88. The second-order valence-corrected chi connectivity index (χ2v) is 6.45. The van der Waals surface area contributed by atoms with E-state index in [0.717, 1.165) is 10.9 Å². The number of hydrogen-bond acceptors (Lipinski definition) is 10. The largest absolute Gasteiger partial charge is 0.469 e. The van der Waals surface area contributed by atoms with Gasteiger partial charge in [-0.3, -0.25) is 9.09 Å². The van der Waals surface area contributed by atoms with E-state index in [4.69, 9.17) is 20.3 Å². The summed E-state index contributed by atoms with van der Waals surface area (Å²) in [6, 6.07) is 0. The molecule has 0 bridgehead atoms. The molecule has 25 heavy (non-hydrogen) atoms. The van der Waals surface area contributed by atoms with E-state index in [1.54, 1.807) is 0 Å². The van der Waals surface area contributed by atoms with Crippen molar-refractivity contribution in [2.45, 2.75) is 24.2 Å². The number of halogens is 1. The molecular formula is C10H13FN5O8P. The van der Waals surface area contributed by atoms with Gasteiger partial charge in [-0.1, -0.05) is 0 Å². The lowest BCUT2D eigenvalue weighted by Crippen LogP contribution is -2.50. The van der Waals surface area contributed by atoms with Gasteiger partial charge in [-0.15, -0.1) is 0 Å². The highest BCUT2D eigenvalue weighted by Crippen LogP contribution is 2.40. The normalized spacial score (nSPS) is 30.2. The molecule has 4 atom stereocenters. The van der Waals surface area contributed by atoms with E-state index in [9.17, 15) is 24.3 Å². The fraction of sp³-hybridized carbons (Fsp3) is 0.500. The third kappa shape index (κ3) is 2.98. The fourth-order valence-corrected chi connectivity index (χ4v) is 2.82. The van der Waals surface area contributed by atoms with Crippen molar-refractivity contribution in [2.24, 2.45) is 0 Å². The minimum Gasteiger partial charge on any atom is -0.385 e. The second kappa shape index (κ2) is 5.89. The Kier molecular flexibility index (Phi) is 4.25. The molecule has 0 radical (unpaired) electrons. The minimum absolute atomic E-state index is 0.107. The van der Waals surface area contributed by atoms with E-state index >= 15 is 0 Å². The van der Waals surface area contributed by atoms with Crippen LogP contribution in [0.15, 0.2) is 6.33 Å². The van der Waals surface area contributed by atoms with E-state index in [0.29, 0.717) is 0 Å². The Morgan fingerprint density at radius 3 is 2.76 bits per heavy atom. The number of anilines is 1. The lowest BCUT2D eigenvalue weighted by atomic mass is 10.0. The number of aromatic nitrogens is 4. The third-order valence-electron chi connectivity index (χ3n) is 3.64. The summed E-state index contributed by atoms with van der Waals surface area (Å²) in [5, 5.41) is 30.9. The van der Waals surface area contributed by atoms with Crippen molar-refractivity contribution in [3.63, 3.8) is 0 Å². The van der Waals surface area contributed by atoms with Gasteiger partial charge < -0.3 is 35.6 Å². The summed E-state index contributed by atoms with van der Waals surface area (Å²) in [6.07, 6.45) is -5.86. The maximum absolute atomic E-state index is 13.4. The molecule has 0 aromatic carbocycles. The van der Waals surface area contributed by atoms with E-state index in [1.165, 1.54) is 0 Å². The summed E-state index contributed by atoms with van der Waals surface area (Å²) in [5.74, 6) is -0.339. The van der Waals surface area contributed by atoms with Crippen LogP contribution in [0.3, 0.4) is 0 Å². The zero-order valence-electron chi connectivity index (χ0n) is 12.2. The van der Waals surface area contributed by atoms with Gasteiger partial charge in [0.2, 0.25) is 12.0 Å². The molecule has 3 heterocycles. The van der Waals surface area contributed by atoms with Gasteiger partial charge in [0, 0.05) is 0 Å². The van der Waals surface area contributed by atoms with Crippen LogP contribution in [0.25, 0.3) is 11.2 Å². The van der Waals surface area contributed by atoms with E-state index in [-0.39, 0.29) is 17.0 Å². The van der Waals surface area contributed by atoms with Crippen LogP contribution in [0.5, 0.6) is 0 Å². The Bertz CT molecular complexity index is 859. The Hall–Kier alpha value is -1.77. The fourth-order valence-electron chi connectivity index (χ4n) is 2.48. The van der Waals surface area contributed by atoms with E-state index in [1.807, 2.05) is 0 Å². The van der Waals surface area contributed by atoms with Gasteiger partial charge in [0.25, 0.3) is 0 Å². The van der Waals surface area contributed by atoms with Gasteiger partial charge >= 0.3 is 13.9 Å². The van der Waals surface area contributed by atoms with Crippen molar-refractivity contribution in [1.29, 1.82) is 0 Å². The maximum Gasteiger partial charge on any atom is 0.469 e. The van der Waals surface area contributed by atoms with Crippen molar-refractivity contribution >= 4 is 24.8 Å². The molecule has 0 spiro atoms. The number of nitrogens with two attached hydrogens (primary N) is 1. The number of aliphatic hydroxyl groups excluding tert-OH is 2. The molecule has 3 rings (SSSR count). The average Bonchev–Trinajstić information content (AvgIpc) is 3.00. The van der Waals surface area contributed by atoms with E-state index in [2.05, 4.69) is 19.5 Å². The first-order chi connectivity index (χ1) is 11.5. The number of phosphoric acid groups is 1. The molecule has 0 unspecified atom stereocenters. The molecule has 1 saturated heterocycles. The molecule has 13 nitrogen and oxygen atoms in total. The molecule has 1 aliphatic heterocycles. The molecule has 1 aliphatic rings. The summed E-state index contributed by atoms with van der Waals surface area (Å²) in [6.45, 7) is -0.844. The summed E-state index contributed by atoms with van der Waals surface area (Å²) in [5.41, 5.74) is 2.44. The molecule has 138 valence electrons. The molecule has 0 saturated carbocycles. The SMILES string of the molecule is Nc1nc(F)nc2c1ncn2[C@]1(O)[C@H](O)[C@@H](COP(=O)(O)O)O[C@@H]1O. The standard InChI is InChI=1S/C10H13FN5O8P/c11-9-14-6(12)4-7(15-9)16(2-13-4)10(19)5(17)3(24-8(10)18)1-23-25(20,21)22/h2-3,5,8,17-19H,1H2,(H2,12,14,15)(H2,20,21,22)/t3-,5-,8+,10+/m1/s1. The highest BCUT2D eigenvalue weighted by Gasteiger charge is 2.57. The number of hydrogen-bond donors (Lipinski definition) is 6. The van der Waals surface area contributed by atoms with Crippen molar-refractivity contribution in [2.75, 3.05) is 12.3 Å². The monoisotopic (exact) mass is 381 g/mol. The van der Waals surface area contributed by atoms with Gasteiger partial charge in [-0.05, 0) is 0 Å². The topological polar surface area (TPSA) is 206 Å². The van der Waals surface area contributed by atoms with Crippen LogP contribution in [0.2, 0.25) is 0 Å². The Labute approximate surface area is 137 Å². The highest BCUT2D eigenvalue weighted by molar-refractivity contribution is 7.46. The van der Waals surface area contributed by atoms with Gasteiger partial charge in [-0.25, -0.2) is 9.55 Å². The molecule has 15 heteroatoms. The zero-order chi connectivity index (χ0) is 18.6. The molecule has 2 aromatic rings. The molecule has 0 aliphatic carbocycles. The number of nitrogens with zero attached hydrogens (tertiary/aromatic N) is 4. The first kappa shape index (κ1) is 18.0. The van der Waals surface area contributed by atoms with Crippen molar-refractivity contribution in [3.8, 4) is 0 Å². The lowest BCUT2D eigenvalue weighted by molar-refractivity contribution is -0.216. The van der Waals surface area contributed by atoms with Crippen LogP contribution in [0.4, 0.5) is 10.2 Å². The van der Waals surface area contributed by atoms with Crippen LogP contribution in [-0.2, 0) is 19.6 Å². The second-order valence-electron chi connectivity index (χ2n) is 5.21. The quantitative estimate of drug-likeness (QED) is 0.238. The number of imidazole rings is 1.